The average Bonchev–Trinajstić information content (AvgIpc) is 3.05. The molecule has 0 radical (unpaired) electrons. The number of rotatable bonds is 10. The van der Waals surface area contributed by atoms with Crippen LogP contribution >= 0.6 is 35.3 Å². The number of aromatic nitrogens is 1. The lowest BCUT2D eigenvalue weighted by Crippen LogP contribution is -2.38. The molecule has 0 amide bonds. The van der Waals surface area contributed by atoms with Crippen molar-refractivity contribution in [3.8, 4) is 5.75 Å². The van der Waals surface area contributed by atoms with E-state index in [2.05, 4.69) is 34.5 Å². The minimum atomic E-state index is -0.660. The van der Waals surface area contributed by atoms with Gasteiger partial charge >= 0.3 is 0 Å². The molecule has 1 aromatic heterocycles. The van der Waals surface area contributed by atoms with Crippen LogP contribution in [0.3, 0.4) is 0 Å². The molecule has 0 aliphatic carbocycles. The second-order valence-corrected chi connectivity index (χ2v) is 8.40. The van der Waals surface area contributed by atoms with Gasteiger partial charge in [0.2, 0.25) is 0 Å². The second kappa shape index (κ2) is 13.8. The molecule has 1 heterocycles. The monoisotopic (exact) mass is 546 g/mol. The minimum absolute atomic E-state index is 0. The zero-order chi connectivity index (χ0) is 21.2. The van der Waals surface area contributed by atoms with Crippen molar-refractivity contribution in [2.45, 2.75) is 59.7 Å². The average molecular weight is 547 g/mol. The maximum Gasteiger partial charge on any atom is 0.191 e. The quantitative estimate of drug-likeness (QED) is 0.236. The fourth-order valence-electron chi connectivity index (χ4n) is 2.88. The van der Waals surface area contributed by atoms with Gasteiger partial charge in [-0.05, 0) is 51.8 Å². The van der Waals surface area contributed by atoms with Gasteiger partial charge in [0.15, 0.2) is 5.96 Å². The number of ether oxygens (including phenoxy) is 1. The Balaban J connectivity index is 0.00000450. The third-order valence-electron chi connectivity index (χ3n) is 4.31. The first-order valence-corrected chi connectivity index (χ1v) is 11.2. The molecule has 1 aromatic carbocycles. The number of aliphatic hydroxyl groups is 1. The second-order valence-electron chi connectivity index (χ2n) is 7.11. The fourth-order valence-corrected chi connectivity index (χ4v) is 3.90. The minimum Gasteiger partial charge on any atom is -0.491 e. The Morgan fingerprint density at radius 3 is 2.47 bits per heavy atom. The molecule has 0 fully saturated rings. The predicted octanol–water partition coefficient (Wildman–Crippen LogP) is 4.25. The van der Waals surface area contributed by atoms with Crippen molar-refractivity contribution in [2.24, 2.45) is 4.99 Å². The zero-order valence-corrected chi connectivity index (χ0v) is 21.7. The molecule has 2 rings (SSSR count). The lowest BCUT2D eigenvalue weighted by molar-refractivity contribution is 0.186. The summed E-state index contributed by atoms with van der Waals surface area (Å²) < 4.78 is 5.64. The van der Waals surface area contributed by atoms with Crippen LogP contribution in [0, 0.1) is 6.92 Å². The number of nitrogens with one attached hydrogen (secondary N) is 2. The summed E-state index contributed by atoms with van der Waals surface area (Å²) in [6.45, 7) is 12.1. The summed E-state index contributed by atoms with van der Waals surface area (Å²) in [6.07, 6.45) is 1.30. The van der Waals surface area contributed by atoms with Crippen LogP contribution < -0.4 is 15.4 Å². The van der Waals surface area contributed by atoms with E-state index in [1.165, 1.54) is 10.6 Å². The summed E-state index contributed by atoms with van der Waals surface area (Å²) in [5, 5.41) is 18.2. The van der Waals surface area contributed by atoms with Gasteiger partial charge in [-0.3, -0.25) is 4.99 Å². The van der Waals surface area contributed by atoms with Crippen molar-refractivity contribution in [3.63, 3.8) is 0 Å². The molecule has 8 heteroatoms. The molecular formula is C22H35IN4O2S. The van der Waals surface area contributed by atoms with E-state index in [1.54, 1.807) is 11.3 Å². The van der Waals surface area contributed by atoms with Gasteiger partial charge in [0.25, 0.3) is 0 Å². The summed E-state index contributed by atoms with van der Waals surface area (Å²) in [4.78, 5) is 10.5. The number of aliphatic imine (C=N–C) groups is 1. The van der Waals surface area contributed by atoms with Crippen LogP contribution in [0.5, 0.6) is 5.75 Å². The van der Waals surface area contributed by atoms with E-state index in [4.69, 9.17) is 4.74 Å². The van der Waals surface area contributed by atoms with Gasteiger partial charge in [-0.2, -0.15) is 0 Å². The van der Waals surface area contributed by atoms with Gasteiger partial charge in [-0.25, -0.2) is 4.98 Å². The van der Waals surface area contributed by atoms with Crippen LogP contribution in [-0.4, -0.2) is 41.8 Å². The van der Waals surface area contributed by atoms with Crippen LogP contribution in [0.4, 0.5) is 0 Å². The van der Waals surface area contributed by atoms with Crippen LogP contribution in [0.25, 0.3) is 0 Å². The molecule has 0 saturated carbocycles. The molecular weight excluding hydrogens is 511 g/mol. The number of halogens is 1. The smallest absolute Gasteiger partial charge is 0.191 e. The standard InChI is InChI=1S/C22H34N4O2S.HI/c1-6-19-16(5)29-21(26-19)12-13-24-22(23-7-2)25-14-20(27)17-8-10-18(11-9-17)28-15(3)4;/h8-11,15,20,27H,6-7,12-14H2,1-5H3,(H2,23,24,25);1H. The Morgan fingerprint density at radius 1 is 1.20 bits per heavy atom. The normalized spacial score (nSPS) is 12.4. The molecule has 0 spiro atoms. The van der Waals surface area contributed by atoms with Crippen LogP contribution in [0.1, 0.15) is 54.9 Å². The number of aryl methyl sites for hydroxylation is 2. The van der Waals surface area contributed by atoms with E-state index in [0.717, 1.165) is 42.3 Å². The third kappa shape index (κ3) is 8.77. The van der Waals surface area contributed by atoms with E-state index in [1.807, 2.05) is 45.0 Å². The summed E-state index contributed by atoms with van der Waals surface area (Å²) >= 11 is 1.76. The topological polar surface area (TPSA) is 78.8 Å². The number of guanidine groups is 1. The molecule has 0 saturated heterocycles. The molecule has 168 valence electrons. The van der Waals surface area contributed by atoms with Gasteiger partial charge in [0.05, 0.1) is 29.5 Å². The highest BCUT2D eigenvalue weighted by Crippen LogP contribution is 2.19. The number of nitrogens with zero attached hydrogens (tertiary/aromatic N) is 2. The maximum absolute atomic E-state index is 10.5. The molecule has 3 N–H and O–H groups in total. The van der Waals surface area contributed by atoms with Crippen LogP contribution in [-0.2, 0) is 12.8 Å². The highest BCUT2D eigenvalue weighted by Gasteiger charge is 2.09. The highest BCUT2D eigenvalue weighted by molar-refractivity contribution is 14.0. The van der Waals surface area contributed by atoms with E-state index < -0.39 is 6.10 Å². The van der Waals surface area contributed by atoms with Crippen molar-refractivity contribution >= 4 is 41.3 Å². The Morgan fingerprint density at radius 2 is 1.90 bits per heavy atom. The molecule has 0 aliphatic rings. The predicted molar refractivity (Wildman–Crippen MR) is 136 cm³/mol. The molecule has 2 aromatic rings. The summed E-state index contributed by atoms with van der Waals surface area (Å²) in [7, 11) is 0. The highest BCUT2D eigenvalue weighted by atomic mass is 127. The van der Waals surface area contributed by atoms with Crippen molar-refractivity contribution in [3.05, 3.63) is 45.4 Å². The van der Waals surface area contributed by atoms with E-state index in [9.17, 15) is 5.11 Å². The largest absolute Gasteiger partial charge is 0.491 e. The third-order valence-corrected chi connectivity index (χ3v) is 5.38. The van der Waals surface area contributed by atoms with Gasteiger partial charge in [-0.1, -0.05) is 19.1 Å². The van der Waals surface area contributed by atoms with Gasteiger partial charge in [-0.15, -0.1) is 35.3 Å². The van der Waals surface area contributed by atoms with Crippen molar-refractivity contribution in [1.82, 2.24) is 15.6 Å². The Bertz CT molecular complexity index is 778. The Labute approximate surface area is 201 Å². The summed E-state index contributed by atoms with van der Waals surface area (Å²) in [6, 6.07) is 7.53. The first-order valence-electron chi connectivity index (χ1n) is 10.3. The van der Waals surface area contributed by atoms with E-state index >= 15 is 0 Å². The van der Waals surface area contributed by atoms with E-state index in [0.29, 0.717) is 5.96 Å². The Hall–Kier alpha value is -1.39. The summed E-state index contributed by atoms with van der Waals surface area (Å²) in [5.41, 5.74) is 2.02. The number of thiazole rings is 1. The van der Waals surface area contributed by atoms with Gasteiger partial charge < -0.3 is 20.5 Å². The SMILES string of the molecule is CCNC(=NCC(O)c1ccc(OC(C)C)cc1)NCCc1nc(CC)c(C)s1.I. The fraction of sp³-hybridized carbons (Fsp3) is 0.545. The number of benzene rings is 1. The lowest BCUT2D eigenvalue weighted by Gasteiger charge is -2.14. The molecule has 1 atom stereocenters. The van der Waals surface area contributed by atoms with Crippen molar-refractivity contribution in [1.29, 1.82) is 0 Å². The van der Waals surface area contributed by atoms with Gasteiger partial charge in [0, 0.05) is 24.4 Å². The van der Waals surface area contributed by atoms with Crippen LogP contribution in [0.2, 0.25) is 0 Å². The number of hydrogen-bond acceptors (Lipinski definition) is 5. The molecule has 0 bridgehead atoms. The maximum atomic E-state index is 10.5. The van der Waals surface area contributed by atoms with E-state index in [-0.39, 0.29) is 36.6 Å². The van der Waals surface area contributed by atoms with Crippen LogP contribution in [0.15, 0.2) is 29.3 Å². The Kier molecular flexibility index (Phi) is 12.3. The number of aliphatic hydroxyl groups excluding tert-OH is 1. The first-order chi connectivity index (χ1) is 13.9. The van der Waals surface area contributed by atoms with Gasteiger partial charge in [0.1, 0.15) is 5.75 Å². The van der Waals surface area contributed by atoms with Crippen molar-refractivity contribution in [2.75, 3.05) is 19.6 Å². The number of hydrogen-bond donors (Lipinski definition) is 3. The molecule has 6 nitrogen and oxygen atoms in total. The zero-order valence-electron chi connectivity index (χ0n) is 18.6. The molecule has 0 aliphatic heterocycles. The first kappa shape index (κ1) is 26.6. The van der Waals surface area contributed by atoms with Crippen molar-refractivity contribution < 1.29 is 9.84 Å². The molecule has 30 heavy (non-hydrogen) atoms. The summed E-state index contributed by atoms with van der Waals surface area (Å²) in [5.74, 6) is 1.51. The molecule has 1 unspecified atom stereocenters. The lowest BCUT2D eigenvalue weighted by atomic mass is 10.1.